The summed E-state index contributed by atoms with van der Waals surface area (Å²) in [6, 6.07) is 15.2. The Balaban J connectivity index is 1.35. The maximum atomic E-state index is 12.4. The highest BCUT2D eigenvalue weighted by Gasteiger charge is 2.19. The summed E-state index contributed by atoms with van der Waals surface area (Å²) in [6.45, 7) is 4.57. The SMILES string of the molecule is O=C(c1ccccc1)c1ncc(CN2CCN(c3ccccn3)CC2)[nH]1. The van der Waals surface area contributed by atoms with E-state index in [-0.39, 0.29) is 5.78 Å². The van der Waals surface area contributed by atoms with E-state index in [1.54, 1.807) is 18.3 Å². The summed E-state index contributed by atoms with van der Waals surface area (Å²) < 4.78 is 0. The molecule has 0 spiro atoms. The van der Waals surface area contributed by atoms with Gasteiger partial charge < -0.3 is 9.88 Å². The monoisotopic (exact) mass is 347 g/mol. The number of ketones is 1. The Morgan fingerprint density at radius 2 is 1.73 bits per heavy atom. The van der Waals surface area contributed by atoms with Crippen LogP contribution >= 0.6 is 0 Å². The smallest absolute Gasteiger partial charge is 0.228 e. The molecule has 4 rings (SSSR count). The van der Waals surface area contributed by atoms with Crippen molar-refractivity contribution in [3.8, 4) is 0 Å². The number of piperazine rings is 1. The van der Waals surface area contributed by atoms with E-state index in [2.05, 4.69) is 24.8 Å². The van der Waals surface area contributed by atoms with E-state index in [4.69, 9.17) is 0 Å². The molecule has 0 radical (unpaired) electrons. The lowest BCUT2D eigenvalue weighted by atomic mass is 10.1. The van der Waals surface area contributed by atoms with Crippen molar-refractivity contribution in [2.24, 2.45) is 0 Å². The fourth-order valence-electron chi connectivity index (χ4n) is 3.20. The topological polar surface area (TPSA) is 65.1 Å². The third-order valence-corrected chi connectivity index (χ3v) is 4.62. The molecule has 3 heterocycles. The van der Waals surface area contributed by atoms with Gasteiger partial charge in [-0.1, -0.05) is 36.4 Å². The maximum absolute atomic E-state index is 12.4. The van der Waals surface area contributed by atoms with Crippen molar-refractivity contribution in [1.82, 2.24) is 19.9 Å². The summed E-state index contributed by atoms with van der Waals surface area (Å²) in [5, 5.41) is 0. The standard InChI is InChI=1S/C20H21N5O/c26-19(16-6-2-1-3-7-16)20-22-14-17(23-20)15-24-10-12-25(13-11-24)18-8-4-5-9-21-18/h1-9,14H,10-13,15H2,(H,22,23). The summed E-state index contributed by atoms with van der Waals surface area (Å²) in [4.78, 5) is 29.0. The molecule has 1 saturated heterocycles. The Bertz CT molecular complexity index is 854. The van der Waals surface area contributed by atoms with Crippen LogP contribution in [0.1, 0.15) is 21.9 Å². The molecule has 1 aliphatic rings. The quantitative estimate of drug-likeness (QED) is 0.718. The fraction of sp³-hybridized carbons (Fsp3) is 0.250. The number of carbonyl (C=O) groups excluding carboxylic acids is 1. The van der Waals surface area contributed by atoms with Gasteiger partial charge in [-0.3, -0.25) is 9.69 Å². The van der Waals surface area contributed by atoms with Gasteiger partial charge in [0.2, 0.25) is 5.78 Å². The molecule has 2 aromatic heterocycles. The summed E-state index contributed by atoms with van der Waals surface area (Å²) in [5.74, 6) is 1.36. The van der Waals surface area contributed by atoms with Crippen molar-refractivity contribution in [2.45, 2.75) is 6.54 Å². The van der Waals surface area contributed by atoms with Crippen LogP contribution in [0.5, 0.6) is 0 Å². The number of rotatable bonds is 5. The molecule has 1 aromatic carbocycles. The number of carbonyl (C=O) groups is 1. The first-order valence-corrected chi connectivity index (χ1v) is 8.81. The van der Waals surface area contributed by atoms with Crippen molar-refractivity contribution in [3.63, 3.8) is 0 Å². The van der Waals surface area contributed by atoms with Crippen LogP contribution in [-0.2, 0) is 6.54 Å². The zero-order chi connectivity index (χ0) is 17.8. The Morgan fingerprint density at radius 1 is 0.962 bits per heavy atom. The molecular formula is C20H21N5O. The van der Waals surface area contributed by atoms with E-state index >= 15 is 0 Å². The summed E-state index contributed by atoms with van der Waals surface area (Å²) >= 11 is 0. The summed E-state index contributed by atoms with van der Waals surface area (Å²) in [6.07, 6.45) is 3.60. The molecule has 26 heavy (non-hydrogen) atoms. The second-order valence-electron chi connectivity index (χ2n) is 6.40. The van der Waals surface area contributed by atoms with E-state index in [1.807, 2.05) is 42.6 Å². The van der Waals surface area contributed by atoms with Gasteiger partial charge in [0.25, 0.3) is 0 Å². The number of benzene rings is 1. The number of aromatic nitrogens is 3. The molecule has 3 aromatic rings. The molecule has 0 amide bonds. The van der Waals surface area contributed by atoms with Crippen LogP contribution in [0.2, 0.25) is 0 Å². The van der Waals surface area contributed by atoms with Gasteiger partial charge in [0, 0.05) is 50.2 Å². The van der Waals surface area contributed by atoms with Gasteiger partial charge in [-0.2, -0.15) is 0 Å². The lowest BCUT2D eigenvalue weighted by Crippen LogP contribution is -2.46. The highest BCUT2D eigenvalue weighted by atomic mass is 16.1. The highest BCUT2D eigenvalue weighted by molar-refractivity contribution is 6.06. The van der Waals surface area contributed by atoms with Crippen LogP contribution in [0.3, 0.4) is 0 Å². The molecule has 0 bridgehead atoms. The van der Waals surface area contributed by atoms with Gasteiger partial charge >= 0.3 is 0 Å². The third-order valence-electron chi connectivity index (χ3n) is 4.62. The minimum atomic E-state index is -0.0724. The van der Waals surface area contributed by atoms with E-state index in [1.165, 1.54) is 0 Å². The molecule has 0 aliphatic carbocycles. The van der Waals surface area contributed by atoms with Crippen LogP contribution in [0, 0.1) is 0 Å². The zero-order valence-corrected chi connectivity index (χ0v) is 14.5. The predicted molar refractivity (Wildman–Crippen MR) is 100 cm³/mol. The average molecular weight is 347 g/mol. The molecule has 132 valence electrons. The van der Waals surface area contributed by atoms with Gasteiger partial charge in [0.1, 0.15) is 5.82 Å². The molecule has 1 N–H and O–H groups in total. The number of nitrogens with zero attached hydrogens (tertiary/aromatic N) is 4. The number of pyridine rings is 1. The van der Waals surface area contributed by atoms with E-state index in [9.17, 15) is 4.79 Å². The maximum Gasteiger partial charge on any atom is 0.228 e. The molecule has 6 heteroatoms. The molecule has 1 fully saturated rings. The largest absolute Gasteiger partial charge is 0.354 e. The van der Waals surface area contributed by atoms with Gasteiger partial charge in [-0.25, -0.2) is 9.97 Å². The molecule has 0 atom stereocenters. The Kier molecular flexibility index (Phi) is 4.75. The van der Waals surface area contributed by atoms with Crippen molar-refractivity contribution < 1.29 is 4.79 Å². The number of hydrogen-bond acceptors (Lipinski definition) is 5. The number of H-pyrrole nitrogens is 1. The van der Waals surface area contributed by atoms with Crippen molar-refractivity contribution in [1.29, 1.82) is 0 Å². The zero-order valence-electron chi connectivity index (χ0n) is 14.5. The van der Waals surface area contributed by atoms with E-state index < -0.39 is 0 Å². The van der Waals surface area contributed by atoms with Gasteiger partial charge in [0.15, 0.2) is 5.82 Å². The number of imidazole rings is 1. The molecular weight excluding hydrogens is 326 g/mol. The van der Waals surface area contributed by atoms with Crippen LogP contribution in [-0.4, -0.2) is 51.8 Å². The minimum absolute atomic E-state index is 0.0724. The number of hydrogen-bond donors (Lipinski definition) is 1. The van der Waals surface area contributed by atoms with E-state index in [0.29, 0.717) is 11.4 Å². The van der Waals surface area contributed by atoms with Crippen molar-refractivity contribution in [2.75, 3.05) is 31.1 Å². The molecule has 6 nitrogen and oxygen atoms in total. The molecule has 0 unspecified atom stereocenters. The van der Waals surface area contributed by atoms with Gasteiger partial charge in [-0.15, -0.1) is 0 Å². The number of nitrogens with one attached hydrogen (secondary N) is 1. The first-order chi connectivity index (χ1) is 12.8. The number of aromatic amines is 1. The van der Waals surface area contributed by atoms with Crippen LogP contribution in [0.15, 0.2) is 60.9 Å². The average Bonchev–Trinajstić information content (AvgIpc) is 3.18. The highest BCUT2D eigenvalue weighted by Crippen LogP contribution is 2.14. The number of anilines is 1. The van der Waals surface area contributed by atoms with Crippen LogP contribution < -0.4 is 4.90 Å². The molecule has 0 saturated carbocycles. The molecule has 1 aliphatic heterocycles. The normalized spacial score (nSPS) is 15.2. The summed E-state index contributed by atoms with van der Waals surface area (Å²) in [7, 11) is 0. The van der Waals surface area contributed by atoms with Crippen LogP contribution in [0.25, 0.3) is 0 Å². The van der Waals surface area contributed by atoms with Crippen LogP contribution in [0.4, 0.5) is 5.82 Å². The van der Waals surface area contributed by atoms with Gasteiger partial charge in [0.05, 0.1) is 6.20 Å². The minimum Gasteiger partial charge on any atom is -0.354 e. The Hall–Kier alpha value is -2.99. The lowest BCUT2D eigenvalue weighted by Gasteiger charge is -2.35. The van der Waals surface area contributed by atoms with Crippen molar-refractivity contribution in [3.05, 3.63) is 78.0 Å². The Morgan fingerprint density at radius 3 is 2.46 bits per heavy atom. The third kappa shape index (κ3) is 3.65. The van der Waals surface area contributed by atoms with Crippen molar-refractivity contribution >= 4 is 11.6 Å². The van der Waals surface area contributed by atoms with Gasteiger partial charge in [-0.05, 0) is 12.1 Å². The van der Waals surface area contributed by atoms with E-state index in [0.717, 1.165) is 44.2 Å². The fourth-order valence-corrected chi connectivity index (χ4v) is 3.20. The lowest BCUT2D eigenvalue weighted by molar-refractivity contribution is 0.103. The predicted octanol–water partition coefficient (Wildman–Crippen LogP) is 2.36. The second-order valence-corrected chi connectivity index (χ2v) is 6.40. The first kappa shape index (κ1) is 16.5. The summed E-state index contributed by atoms with van der Waals surface area (Å²) in [5.41, 5.74) is 1.62. The first-order valence-electron chi connectivity index (χ1n) is 8.81. The second kappa shape index (κ2) is 7.49. The Labute approximate surface area is 152 Å².